The second kappa shape index (κ2) is 9.82. The molecule has 0 aliphatic carbocycles. The standard InChI is InChI=1S/C26H32N6OS/c1-18-7-9-28-23(16-18)32-19(2)17-21(20(32)3)25-24(22-6-4-5-8-27-22)29-26(34)31(25)11-10-30-12-14-33-15-13-30/h4-9,16-17,24-25H,10-15H2,1-3H3,(H,29,34)/t24-,25-/m1/s1. The Morgan fingerprint density at radius 3 is 2.59 bits per heavy atom. The van der Waals surface area contributed by atoms with Crippen LogP contribution in [0.25, 0.3) is 5.82 Å². The lowest BCUT2D eigenvalue weighted by Gasteiger charge is -2.32. The van der Waals surface area contributed by atoms with Crippen LogP contribution in [0.15, 0.2) is 48.8 Å². The number of ether oxygens (including phenoxy) is 1. The molecule has 5 heterocycles. The van der Waals surface area contributed by atoms with E-state index >= 15 is 0 Å². The van der Waals surface area contributed by atoms with Crippen LogP contribution in [0.5, 0.6) is 0 Å². The Morgan fingerprint density at radius 1 is 1.03 bits per heavy atom. The third-order valence-corrected chi connectivity index (χ3v) is 7.23. The number of pyridine rings is 2. The summed E-state index contributed by atoms with van der Waals surface area (Å²) in [4.78, 5) is 14.1. The van der Waals surface area contributed by atoms with Crippen molar-refractivity contribution < 1.29 is 4.74 Å². The Balaban J connectivity index is 1.52. The van der Waals surface area contributed by atoms with Gasteiger partial charge in [0.15, 0.2) is 5.11 Å². The summed E-state index contributed by atoms with van der Waals surface area (Å²) in [5.41, 5.74) is 5.80. The van der Waals surface area contributed by atoms with E-state index in [-0.39, 0.29) is 12.1 Å². The highest BCUT2D eigenvalue weighted by molar-refractivity contribution is 7.80. The molecule has 8 heteroatoms. The third-order valence-electron chi connectivity index (χ3n) is 6.88. The number of rotatable bonds is 6. The third kappa shape index (κ3) is 4.45. The fourth-order valence-electron chi connectivity index (χ4n) is 5.14. The molecule has 5 rings (SSSR count). The molecule has 0 spiro atoms. The zero-order valence-electron chi connectivity index (χ0n) is 20.1. The van der Waals surface area contributed by atoms with Gasteiger partial charge >= 0.3 is 0 Å². The maximum absolute atomic E-state index is 5.88. The van der Waals surface area contributed by atoms with Crippen LogP contribution in [0.2, 0.25) is 0 Å². The van der Waals surface area contributed by atoms with Gasteiger partial charge in [-0.05, 0) is 74.4 Å². The van der Waals surface area contributed by atoms with Crippen LogP contribution in [0, 0.1) is 20.8 Å². The number of nitrogens with one attached hydrogen (secondary N) is 1. The van der Waals surface area contributed by atoms with Gasteiger partial charge in [-0.2, -0.15) is 0 Å². The van der Waals surface area contributed by atoms with Crippen molar-refractivity contribution >= 4 is 17.3 Å². The van der Waals surface area contributed by atoms with Crippen molar-refractivity contribution in [2.75, 3.05) is 39.4 Å². The molecule has 3 aromatic rings. The first-order chi connectivity index (χ1) is 16.5. The summed E-state index contributed by atoms with van der Waals surface area (Å²) in [6, 6.07) is 12.6. The van der Waals surface area contributed by atoms with Crippen LogP contribution in [0.3, 0.4) is 0 Å². The lowest BCUT2D eigenvalue weighted by Crippen LogP contribution is -2.42. The number of aromatic nitrogens is 3. The predicted octanol–water partition coefficient (Wildman–Crippen LogP) is 3.50. The minimum Gasteiger partial charge on any atom is -0.379 e. The highest BCUT2D eigenvalue weighted by Crippen LogP contribution is 2.41. The Bertz CT molecular complexity index is 1160. The number of nitrogens with zero attached hydrogens (tertiary/aromatic N) is 5. The average Bonchev–Trinajstić information content (AvgIpc) is 3.33. The maximum atomic E-state index is 5.88. The van der Waals surface area contributed by atoms with Gasteiger partial charge in [0.25, 0.3) is 0 Å². The fourth-order valence-corrected chi connectivity index (χ4v) is 5.47. The molecule has 0 saturated carbocycles. The van der Waals surface area contributed by atoms with Gasteiger partial charge in [0.1, 0.15) is 5.82 Å². The van der Waals surface area contributed by atoms with E-state index in [2.05, 4.69) is 68.6 Å². The molecule has 2 aliphatic rings. The number of thiocarbonyl (C=S) groups is 1. The zero-order chi connectivity index (χ0) is 23.7. The van der Waals surface area contributed by atoms with Gasteiger partial charge in [-0.1, -0.05) is 6.07 Å². The van der Waals surface area contributed by atoms with Gasteiger partial charge in [-0.25, -0.2) is 4.98 Å². The maximum Gasteiger partial charge on any atom is 0.170 e. The summed E-state index contributed by atoms with van der Waals surface area (Å²) in [6.07, 6.45) is 3.73. The average molecular weight is 477 g/mol. The predicted molar refractivity (Wildman–Crippen MR) is 137 cm³/mol. The number of hydrogen-bond acceptors (Lipinski definition) is 5. The fraction of sp³-hybridized carbons (Fsp3) is 0.423. The summed E-state index contributed by atoms with van der Waals surface area (Å²) in [7, 11) is 0. The molecule has 2 atom stereocenters. The largest absolute Gasteiger partial charge is 0.379 e. The van der Waals surface area contributed by atoms with E-state index in [1.165, 1.54) is 16.8 Å². The van der Waals surface area contributed by atoms with Crippen LogP contribution < -0.4 is 5.32 Å². The van der Waals surface area contributed by atoms with Crippen molar-refractivity contribution in [3.8, 4) is 5.82 Å². The van der Waals surface area contributed by atoms with Crippen molar-refractivity contribution in [1.29, 1.82) is 0 Å². The first-order valence-corrected chi connectivity index (χ1v) is 12.3. The molecule has 0 bridgehead atoms. The van der Waals surface area contributed by atoms with Crippen molar-refractivity contribution in [2.24, 2.45) is 0 Å². The SMILES string of the molecule is Cc1ccnc(-n2c(C)cc([C@@H]3[C@@H](c4ccccn4)NC(=S)N3CCN3CCOCC3)c2C)c1. The molecular formula is C26H32N6OS. The Morgan fingerprint density at radius 2 is 1.85 bits per heavy atom. The zero-order valence-corrected chi connectivity index (χ0v) is 20.9. The quantitative estimate of drug-likeness (QED) is 0.547. The van der Waals surface area contributed by atoms with Crippen LogP contribution in [0.1, 0.15) is 40.3 Å². The van der Waals surface area contributed by atoms with Crippen LogP contribution in [-0.2, 0) is 4.74 Å². The molecule has 2 aliphatic heterocycles. The monoisotopic (exact) mass is 476 g/mol. The van der Waals surface area contributed by atoms with E-state index in [1.54, 1.807) is 0 Å². The number of morpholine rings is 1. The molecule has 0 radical (unpaired) electrons. The normalized spacial score (nSPS) is 21.1. The van der Waals surface area contributed by atoms with E-state index < -0.39 is 0 Å². The summed E-state index contributed by atoms with van der Waals surface area (Å²) < 4.78 is 7.78. The molecule has 0 aromatic carbocycles. The Hall–Kier alpha value is -2.81. The first kappa shape index (κ1) is 23.0. The van der Waals surface area contributed by atoms with Crippen molar-refractivity contribution in [3.63, 3.8) is 0 Å². The molecule has 1 N–H and O–H groups in total. The van der Waals surface area contributed by atoms with Crippen LogP contribution in [0.4, 0.5) is 0 Å². The van der Waals surface area contributed by atoms with Crippen molar-refractivity contribution in [3.05, 3.63) is 77.0 Å². The molecule has 178 valence electrons. The van der Waals surface area contributed by atoms with E-state index in [4.69, 9.17) is 17.0 Å². The van der Waals surface area contributed by atoms with Gasteiger partial charge in [-0.3, -0.25) is 9.88 Å². The Labute approximate surface area is 206 Å². The van der Waals surface area contributed by atoms with Gasteiger partial charge < -0.3 is 19.5 Å². The second-order valence-electron chi connectivity index (χ2n) is 9.13. The molecule has 7 nitrogen and oxygen atoms in total. The Kier molecular flexibility index (Phi) is 6.63. The molecule has 3 aromatic heterocycles. The van der Waals surface area contributed by atoms with E-state index in [0.29, 0.717) is 0 Å². The van der Waals surface area contributed by atoms with Gasteiger partial charge in [0, 0.05) is 50.0 Å². The highest BCUT2D eigenvalue weighted by atomic mass is 32.1. The summed E-state index contributed by atoms with van der Waals surface area (Å²) in [5.74, 6) is 0.948. The molecule has 0 amide bonds. The summed E-state index contributed by atoms with van der Waals surface area (Å²) in [6.45, 7) is 11.8. The van der Waals surface area contributed by atoms with E-state index in [0.717, 1.165) is 61.7 Å². The van der Waals surface area contributed by atoms with Crippen LogP contribution >= 0.6 is 12.2 Å². The first-order valence-electron chi connectivity index (χ1n) is 11.9. The van der Waals surface area contributed by atoms with E-state index in [9.17, 15) is 0 Å². The number of hydrogen-bond donors (Lipinski definition) is 1. The lowest BCUT2D eigenvalue weighted by atomic mass is 9.97. The molecule has 34 heavy (non-hydrogen) atoms. The highest BCUT2D eigenvalue weighted by Gasteiger charge is 2.41. The van der Waals surface area contributed by atoms with Crippen LogP contribution in [-0.4, -0.2) is 68.8 Å². The minimum absolute atomic E-state index is 0.0159. The smallest absolute Gasteiger partial charge is 0.170 e. The second-order valence-corrected chi connectivity index (χ2v) is 9.51. The topological polar surface area (TPSA) is 58.5 Å². The minimum atomic E-state index is -0.0159. The van der Waals surface area contributed by atoms with E-state index in [1.807, 2.05) is 30.6 Å². The molecule has 0 unspecified atom stereocenters. The molecular weight excluding hydrogens is 444 g/mol. The summed E-state index contributed by atoms with van der Waals surface area (Å²) >= 11 is 5.88. The lowest BCUT2D eigenvalue weighted by molar-refractivity contribution is 0.0350. The van der Waals surface area contributed by atoms with Gasteiger partial charge in [0.2, 0.25) is 0 Å². The van der Waals surface area contributed by atoms with Gasteiger partial charge in [0.05, 0.1) is 31.0 Å². The number of aryl methyl sites for hydroxylation is 2. The molecule has 2 saturated heterocycles. The van der Waals surface area contributed by atoms with Crippen molar-refractivity contribution in [1.82, 2.24) is 29.7 Å². The van der Waals surface area contributed by atoms with Gasteiger partial charge in [-0.15, -0.1) is 0 Å². The summed E-state index contributed by atoms with van der Waals surface area (Å²) in [5, 5.41) is 4.37. The van der Waals surface area contributed by atoms with Crippen molar-refractivity contribution in [2.45, 2.75) is 32.9 Å². The molecule has 2 fully saturated rings.